The minimum Gasteiger partial charge on any atom is -0.457 e. The number of aliphatic hydroxyl groups excluding tert-OH is 1. The lowest BCUT2D eigenvalue weighted by Gasteiger charge is -2.15. The summed E-state index contributed by atoms with van der Waals surface area (Å²) in [7, 11) is 0. The minimum absolute atomic E-state index is 0.165. The number of rotatable bonds is 33. The number of aliphatic hydroxyl groups is 1. The highest BCUT2D eigenvalue weighted by Crippen LogP contribution is 2.15. The van der Waals surface area contributed by atoms with Crippen LogP contribution in [0.3, 0.4) is 0 Å². The third-order valence-corrected chi connectivity index (χ3v) is 7.93. The molecule has 1 atom stereocenters. The van der Waals surface area contributed by atoms with Crippen LogP contribution in [-0.4, -0.2) is 37.0 Å². The van der Waals surface area contributed by atoms with Gasteiger partial charge in [0.2, 0.25) is 0 Å². The topological polar surface area (TPSA) is 55.8 Å². The molecule has 234 valence electrons. The maximum Gasteiger partial charge on any atom is 0.306 e. The summed E-state index contributed by atoms with van der Waals surface area (Å²) < 4.78 is 11.0. The molecule has 0 radical (unpaired) electrons. The lowest BCUT2D eigenvalue weighted by Crippen LogP contribution is -2.27. The van der Waals surface area contributed by atoms with E-state index in [1.807, 2.05) is 0 Å². The summed E-state index contributed by atoms with van der Waals surface area (Å²) >= 11 is 0. The first kappa shape index (κ1) is 38.4. The Morgan fingerprint density at radius 2 is 0.846 bits per heavy atom. The van der Waals surface area contributed by atoms with Crippen LogP contribution in [0.4, 0.5) is 0 Å². The third-order valence-electron chi connectivity index (χ3n) is 7.93. The van der Waals surface area contributed by atoms with Gasteiger partial charge in [-0.2, -0.15) is 0 Å². The van der Waals surface area contributed by atoms with Crippen LogP contribution in [0.2, 0.25) is 0 Å². The standard InChI is InChI=1S/C35H70O4/c1-3-5-7-9-11-12-13-14-15-16-17-18-19-20-21-22-23-24-25-27-29-31-38-33-34(32-36)39-35(37)30-28-26-10-8-6-4-2/h34,36H,3-33H2,1-2H3. The molecule has 0 aromatic heterocycles. The van der Waals surface area contributed by atoms with E-state index in [0.29, 0.717) is 19.6 Å². The Balaban J connectivity index is 3.28. The zero-order valence-corrected chi connectivity index (χ0v) is 26.7. The van der Waals surface area contributed by atoms with Crippen molar-refractivity contribution < 1.29 is 19.4 Å². The Hall–Kier alpha value is -0.610. The molecule has 4 nitrogen and oxygen atoms in total. The molecule has 0 saturated carbocycles. The number of carbonyl (C=O) groups excluding carboxylic acids is 1. The fourth-order valence-corrected chi connectivity index (χ4v) is 5.27. The predicted molar refractivity (Wildman–Crippen MR) is 168 cm³/mol. The van der Waals surface area contributed by atoms with Crippen LogP contribution in [0.1, 0.15) is 194 Å². The minimum atomic E-state index is -0.521. The lowest BCUT2D eigenvalue weighted by atomic mass is 10.0. The molecule has 0 fully saturated rings. The van der Waals surface area contributed by atoms with Crippen molar-refractivity contribution in [1.29, 1.82) is 0 Å². The van der Waals surface area contributed by atoms with Crippen molar-refractivity contribution in [3.63, 3.8) is 0 Å². The number of carbonyl (C=O) groups is 1. The summed E-state index contributed by atoms with van der Waals surface area (Å²) in [6.45, 7) is 5.32. The zero-order chi connectivity index (χ0) is 28.5. The largest absolute Gasteiger partial charge is 0.457 e. The van der Waals surface area contributed by atoms with Crippen molar-refractivity contribution in [2.45, 2.75) is 200 Å². The molecule has 0 amide bonds. The van der Waals surface area contributed by atoms with Crippen molar-refractivity contribution in [2.24, 2.45) is 0 Å². The summed E-state index contributed by atoms with van der Waals surface area (Å²) in [6, 6.07) is 0. The second-order valence-electron chi connectivity index (χ2n) is 12.0. The molecule has 0 aliphatic carbocycles. The summed E-state index contributed by atoms with van der Waals surface area (Å²) in [5.41, 5.74) is 0. The average molecular weight is 555 g/mol. The van der Waals surface area contributed by atoms with Gasteiger partial charge >= 0.3 is 5.97 Å². The number of unbranched alkanes of at least 4 members (excludes halogenated alkanes) is 25. The monoisotopic (exact) mass is 555 g/mol. The first-order chi connectivity index (χ1) is 19.2. The van der Waals surface area contributed by atoms with Crippen LogP contribution in [0, 0.1) is 0 Å². The van der Waals surface area contributed by atoms with Gasteiger partial charge in [-0.15, -0.1) is 0 Å². The molecule has 0 rings (SSSR count). The quantitative estimate of drug-likeness (QED) is 0.0647. The van der Waals surface area contributed by atoms with Crippen LogP contribution in [0.25, 0.3) is 0 Å². The Bertz CT molecular complexity index is 468. The molecule has 4 heteroatoms. The molecule has 0 heterocycles. The van der Waals surface area contributed by atoms with Crippen molar-refractivity contribution in [2.75, 3.05) is 19.8 Å². The molecule has 0 aromatic rings. The molecule has 0 saturated heterocycles. The van der Waals surface area contributed by atoms with E-state index in [2.05, 4.69) is 13.8 Å². The van der Waals surface area contributed by atoms with Crippen LogP contribution in [0.15, 0.2) is 0 Å². The van der Waals surface area contributed by atoms with Crippen LogP contribution in [-0.2, 0) is 14.3 Å². The van der Waals surface area contributed by atoms with Gasteiger partial charge in [-0.25, -0.2) is 0 Å². The maximum absolute atomic E-state index is 11.9. The maximum atomic E-state index is 11.9. The molecule has 0 spiro atoms. The van der Waals surface area contributed by atoms with E-state index in [0.717, 1.165) is 19.3 Å². The van der Waals surface area contributed by atoms with E-state index in [-0.39, 0.29) is 12.6 Å². The van der Waals surface area contributed by atoms with Gasteiger partial charge in [-0.3, -0.25) is 4.79 Å². The normalized spacial score (nSPS) is 12.2. The molecule has 0 aliphatic rings. The Morgan fingerprint density at radius 3 is 1.21 bits per heavy atom. The molecule has 1 N–H and O–H groups in total. The van der Waals surface area contributed by atoms with E-state index in [1.54, 1.807) is 0 Å². The van der Waals surface area contributed by atoms with E-state index >= 15 is 0 Å². The van der Waals surface area contributed by atoms with Gasteiger partial charge < -0.3 is 14.6 Å². The predicted octanol–water partition coefficient (Wildman–Crippen LogP) is 10.9. The van der Waals surface area contributed by atoms with Crippen LogP contribution in [0.5, 0.6) is 0 Å². The van der Waals surface area contributed by atoms with Gasteiger partial charge in [0.05, 0.1) is 13.2 Å². The molecule has 0 aromatic carbocycles. The first-order valence-electron chi connectivity index (χ1n) is 17.6. The number of ether oxygens (including phenoxy) is 2. The summed E-state index contributed by atoms with van der Waals surface area (Å²) in [4.78, 5) is 11.9. The van der Waals surface area contributed by atoms with Gasteiger partial charge in [-0.05, 0) is 12.8 Å². The van der Waals surface area contributed by atoms with E-state index in [1.165, 1.54) is 154 Å². The fraction of sp³-hybridized carbons (Fsp3) is 0.971. The van der Waals surface area contributed by atoms with Gasteiger partial charge in [0.1, 0.15) is 6.10 Å². The number of hydrogen-bond donors (Lipinski definition) is 1. The highest BCUT2D eigenvalue weighted by Gasteiger charge is 2.13. The smallest absolute Gasteiger partial charge is 0.306 e. The molecule has 1 unspecified atom stereocenters. The molecular formula is C35H70O4. The average Bonchev–Trinajstić information content (AvgIpc) is 2.94. The van der Waals surface area contributed by atoms with Gasteiger partial charge in [0.25, 0.3) is 0 Å². The van der Waals surface area contributed by atoms with Crippen LogP contribution < -0.4 is 0 Å². The van der Waals surface area contributed by atoms with E-state index < -0.39 is 6.10 Å². The second kappa shape index (κ2) is 33.6. The summed E-state index contributed by atoms with van der Waals surface area (Å²) in [6.07, 6.45) is 36.0. The highest BCUT2D eigenvalue weighted by atomic mass is 16.6. The van der Waals surface area contributed by atoms with Gasteiger partial charge in [0.15, 0.2) is 0 Å². The van der Waals surface area contributed by atoms with E-state index in [4.69, 9.17) is 9.47 Å². The van der Waals surface area contributed by atoms with E-state index in [9.17, 15) is 9.90 Å². The first-order valence-corrected chi connectivity index (χ1v) is 17.6. The Kier molecular flexibility index (Phi) is 33.1. The Morgan fingerprint density at radius 1 is 0.513 bits per heavy atom. The summed E-state index contributed by atoms with van der Waals surface area (Å²) in [5, 5.41) is 9.46. The SMILES string of the molecule is CCCCCCCCCCCCCCCCCCCCCCCOCC(CO)OC(=O)CCCCCCCC. The Labute approximate surface area is 244 Å². The van der Waals surface area contributed by atoms with Crippen molar-refractivity contribution in [3.05, 3.63) is 0 Å². The van der Waals surface area contributed by atoms with Crippen molar-refractivity contribution in [3.8, 4) is 0 Å². The highest BCUT2D eigenvalue weighted by molar-refractivity contribution is 5.69. The summed E-state index contributed by atoms with van der Waals surface area (Å²) in [5.74, 6) is -0.206. The number of hydrogen-bond acceptors (Lipinski definition) is 4. The molecule has 0 bridgehead atoms. The molecule has 39 heavy (non-hydrogen) atoms. The van der Waals surface area contributed by atoms with Crippen molar-refractivity contribution >= 4 is 5.97 Å². The fourth-order valence-electron chi connectivity index (χ4n) is 5.27. The molecule has 0 aliphatic heterocycles. The second-order valence-corrected chi connectivity index (χ2v) is 12.0. The number of esters is 1. The van der Waals surface area contributed by atoms with Crippen LogP contribution >= 0.6 is 0 Å². The zero-order valence-electron chi connectivity index (χ0n) is 26.7. The van der Waals surface area contributed by atoms with Gasteiger partial charge in [0, 0.05) is 13.0 Å². The van der Waals surface area contributed by atoms with Crippen molar-refractivity contribution in [1.82, 2.24) is 0 Å². The lowest BCUT2D eigenvalue weighted by molar-refractivity contribution is -0.154. The third kappa shape index (κ3) is 31.8. The molecular weight excluding hydrogens is 484 g/mol. The van der Waals surface area contributed by atoms with Gasteiger partial charge in [-0.1, -0.05) is 174 Å².